The minimum absolute atomic E-state index is 0.0488. The number of thiazole rings is 1. The largest absolute Gasteiger partial charge is 0.471 e. The van der Waals surface area contributed by atoms with Crippen molar-refractivity contribution in [3.63, 3.8) is 0 Å². The molecule has 1 fully saturated rings. The zero-order valence-electron chi connectivity index (χ0n) is 11.9. The number of nitrogens with zero attached hydrogens (tertiary/aromatic N) is 2. The summed E-state index contributed by atoms with van der Waals surface area (Å²) in [5, 5.41) is 3.53. The Kier molecular flexibility index (Phi) is 5.05. The number of halogens is 3. The first kappa shape index (κ1) is 16.7. The average molecular weight is 335 g/mol. The third-order valence-corrected chi connectivity index (χ3v) is 4.39. The summed E-state index contributed by atoms with van der Waals surface area (Å²) in [5.41, 5.74) is 0. The second kappa shape index (κ2) is 6.64. The van der Waals surface area contributed by atoms with Crippen molar-refractivity contribution in [1.29, 1.82) is 0 Å². The van der Waals surface area contributed by atoms with Crippen LogP contribution in [0.2, 0.25) is 0 Å². The van der Waals surface area contributed by atoms with E-state index in [-0.39, 0.29) is 37.8 Å². The number of amides is 2. The Hall–Kier alpha value is -1.64. The van der Waals surface area contributed by atoms with E-state index in [4.69, 9.17) is 0 Å². The van der Waals surface area contributed by atoms with Crippen LogP contribution >= 0.6 is 11.3 Å². The summed E-state index contributed by atoms with van der Waals surface area (Å²) in [6, 6.07) is 0. The Labute approximate surface area is 129 Å². The van der Waals surface area contributed by atoms with E-state index in [2.05, 4.69) is 10.3 Å². The smallest absolute Gasteiger partial charge is 0.349 e. The Morgan fingerprint density at radius 2 is 2.05 bits per heavy atom. The SMILES string of the molecule is Cc1cnc(CNC(=O)C2CCN(C(=O)C(F)(F)F)CC2)s1. The first-order valence-corrected chi connectivity index (χ1v) is 7.64. The van der Waals surface area contributed by atoms with Crippen LogP contribution in [0.4, 0.5) is 13.2 Å². The highest BCUT2D eigenvalue weighted by atomic mass is 32.1. The Morgan fingerprint density at radius 1 is 1.41 bits per heavy atom. The van der Waals surface area contributed by atoms with Crippen LogP contribution in [0.25, 0.3) is 0 Å². The lowest BCUT2D eigenvalue weighted by molar-refractivity contribution is -0.186. The lowest BCUT2D eigenvalue weighted by atomic mass is 9.96. The molecule has 2 amide bonds. The maximum absolute atomic E-state index is 12.3. The molecule has 1 aromatic heterocycles. The zero-order valence-corrected chi connectivity index (χ0v) is 12.8. The molecule has 122 valence electrons. The summed E-state index contributed by atoms with van der Waals surface area (Å²) >= 11 is 1.48. The highest BCUT2D eigenvalue weighted by Gasteiger charge is 2.43. The summed E-state index contributed by atoms with van der Waals surface area (Å²) in [7, 11) is 0. The molecule has 0 aromatic carbocycles. The number of aromatic nitrogens is 1. The first-order chi connectivity index (χ1) is 10.3. The van der Waals surface area contributed by atoms with Gasteiger partial charge in [-0.1, -0.05) is 0 Å². The number of piperidine rings is 1. The van der Waals surface area contributed by atoms with E-state index in [0.29, 0.717) is 6.54 Å². The van der Waals surface area contributed by atoms with Gasteiger partial charge in [-0.2, -0.15) is 13.2 Å². The predicted molar refractivity (Wildman–Crippen MR) is 74.1 cm³/mol. The van der Waals surface area contributed by atoms with E-state index < -0.39 is 12.1 Å². The molecule has 1 saturated heterocycles. The second-order valence-corrected chi connectivity index (χ2v) is 6.47. The summed E-state index contributed by atoms with van der Waals surface area (Å²) in [6.45, 7) is 2.13. The lowest BCUT2D eigenvalue weighted by Crippen LogP contribution is -2.47. The van der Waals surface area contributed by atoms with Crippen LogP contribution in [0.5, 0.6) is 0 Å². The maximum Gasteiger partial charge on any atom is 0.471 e. The van der Waals surface area contributed by atoms with Crippen molar-refractivity contribution >= 4 is 23.2 Å². The molecule has 1 N–H and O–H groups in total. The molecule has 2 heterocycles. The minimum Gasteiger partial charge on any atom is -0.349 e. The molecular weight excluding hydrogens is 319 g/mol. The number of hydrogen-bond acceptors (Lipinski definition) is 4. The van der Waals surface area contributed by atoms with Gasteiger partial charge >= 0.3 is 12.1 Å². The summed E-state index contributed by atoms with van der Waals surface area (Å²) < 4.78 is 37.0. The fraction of sp³-hybridized carbons (Fsp3) is 0.615. The lowest BCUT2D eigenvalue weighted by Gasteiger charge is -2.31. The third-order valence-electron chi connectivity index (χ3n) is 3.48. The van der Waals surface area contributed by atoms with Crippen LogP contribution < -0.4 is 5.32 Å². The Morgan fingerprint density at radius 3 is 2.55 bits per heavy atom. The molecule has 22 heavy (non-hydrogen) atoms. The predicted octanol–water partition coefficient (Wildman–Crippen LogP) is 1.87. The molecule has 0 bridgehead atoms. The van der Waals surface area contributed by atoms with E-state index >= 15 is 0 Å². The standard InChI is InChI=1S/C13H16F3N3O2S/c1-8-6-17-10(22-8)7-18-11(20)9-2-4-19(5-3-9)12(21)13(14,15)16/h6,9H,2-5,7H2,1H3,(H,18,20). The highest BCUT2D eigenvalue weighted by molar-refractivity contribution is 7.11. The van der Waals surface area contributed by atoms with Crippen LogP contribution in [0, 0.1) is 12.8 Å². The van der Waals surface area contributed by atoms with Crippen molar-refractivity contribution in [2.24, 2.45) is 5.92 Å². The van der Waals surface area contributed by atoms with Gasteiger partial charge in [-0.25, -0.2) is 4.98 Å². The molecular formula is C13H16F3N3O2S. The topological polar surface area (TPSA) is 62.3 Å². The molecule has 0 radical (unpaired) electrons. The van der Waals surface area contributed by atoms with Gasteiger partial charge in [0.2, 0.25) is 5.91 Å². The number of nitrogens with one attached hydrogen (secondary N) is 1. The molecule has 0 spiro atoms. The van der Waals surface area contributed by atoms with E-state index in [1.54, 1.807) is 6.20 Å². The molecule has 2 rings (SSSR count). The normalized spacial score (nSPS) is 16.6. The van der Waals surface area contributed by atoms with E-state index in [1.807, 2.05) is 6.92 Å². The van der Waals surface area contributed by atoms with Gasteiger partial charge in [-0.15, -0.1) is 11.3 Å². The third kappa shape index (κ3) is 4.19. The van der Waals surface area contributed by atoms with Crippen molar-refractivity contribution in [2.45, 2.75) is 32.5 Å². The van der Waals surface area contributed by atoms with Crippen LogP contribution in [0.3, 0.4) is 0 Å². The van der Waals surface area contributed by atoms with Crippen molar-refractivity contribution < 1.29 is 22.8 Å². The van der Waals surface area contributed by atoms with Gasteiger partial charge in [0.15, 0.2) is 0 Å². The minimum atomic E-state index is -4.85. The van der Waals surface area contributed by atoms with E-state index in [0.717, 1.165) is 14.8 Å². The molecule has 1 aliphatic rings. The van der Waals surface area contributed by atoms with Gasteiger partial charge in [0, 0.05) is 30.1 Å². The van der Waals surface area contributed by atoms with Gasteiger partial charge in [0.25, 0.3) is 0 Å². The van der Waals surface area contributed by atoms with Crippen LogP contribution in [0.15, 0.2) is 6.20 Å². The van der Waals surface area contributed by atoms with Crippen molar-refractivity contribution in [1.82, 2.24) is 15.2 Å². The van der Waals surface area contributed by atoms with Gasteiger partial charge in [0.05, 0.1) is 6.54 Å². The molecule has 1 aromatic rings. The number of hydrogen-bond donors (Lipinski definition) is 1. The van der Waals surface area contributed by atoms with Crippen molar-refractivity contribution in [3.8, 4) is 0 Å². The molecule has 0 aliphatic carbocycles. The first-order valence-electron chi connectivity index (χ1n) is 6.82. The van der Waals surface area contributed by atoms with Crippen LogP contribution in [0.1, 0.15) is 22.7 Å². The molecule has 5 nitrogen and oxygen atoms in total. The number of carbonyl (C=O) groups is 2. The van der Waals surface area contributed by atoms with Gasteiger partial charge in [0.1, 0.15) is 5.01 Å². The maximum atomic E-state index is 12.3. The van der Waals surface area contributed by atoms with E-state index in [9.17, 15) is 22.8 Å². The molecule has 0 saturated carbocycles. The molecule has 1 aliphatic heterocycles. The van der Waals surface area contributed by atoms with Gasteiger partial charge in [-0.3, -0.25) is 9.59 Å². The van der Waals surface area contributed by atoms with Gasteiger partial charge in [-0.05, 0) is 19.8 Å². The van der Waals surface area contributed by atoms with Gasteiger partial charge < -0.3 is 10.2 Å². The van der Waals surface area contributed by atoms with Crippen molar-refractivity contribution in [2.75, 3.05) is 13.1 Å². The number of likely N-dealkylation sites (tertiary alicyclic amines) is 1. The van der Waals surface area contributed by atoms with Crippen LogP contribution in [-0.4, -0.2) is 41.0 Å². The second-order valence-electron chi connectivity index (χ2n) is 5.15. The zero-order chi connectivity index (χ0) is 16.3. The van der Waals surface area contributed by atoms with Crippen molar-refractivity contribution in [3.05, 3.63) is 16.1 Å². The summed E-state index contributed by atoms with van der Waals surface area (Å²) in [5.74, 6) is -2.39. The highest BCUT2D eigenvalue weighted by Crippen LogP contribution is 2.24. The Bertz CT molecular complexity index is 551. The number of alkyl halides is 3. The number of carbonyl (C=O) groups excluding carboxylic acids is 2. The fourth-order valence-electron chi connectivity index (χ4n) is 2.31. The molecule has 0 atom stereocenters. The fourth-order valence-corrected chi connectivity index (χ4v) is 3.04. The summed E-state index contributed by atoms with van der Waals surface area (Å²) in [4.78, 5) is 29.0. The number of aryl methyl sites for hydroxylation is 1. The monoisotopic (exact) mass is 335 g/mol. The average Bonchev–Trinajstić information content (AvgIpc) is 2.89. The quantitative estimate of drug-likeness (QED) is 0.917. The number of rotatable bonds is 3. The molecule has 0 unspecified atom stereocenters. The molecule has 9 heteroatoms. The Balaban J connectivity index is 1.79. The van der Waals surface area contributed by atoms with Crippen LogP contribution in [-0.2, 0) is 16.1 Å². The van der Waals surface area contributed by atoms with E-state index in [1.165, 1.54) is 11.3 Å². The summed E-state index contributed by atoms with van der Waals surface area (Å²) in [6.07, 6.45) is -2.65.